The normalized spacial score (nSPS) is 19.2. The minimum absolute atomic E-state index is 0.0139. The summed E-state index contributed by atoms with van der Waals surface area (Å²) in [4.78, 5) is 11.2. The quantitative estimate of drug-likeness (QED) is 0.824. The third kappa shape index (κ3) is 1.67. The van der Waals surface area contributed by atoms with E-state index in [2.05, 4.69) is 0 Å². The minimum atomic E-state index is -1.68. The highest BCUT2D eigenvalue weighted by Gasteiger charge is 2.49. The summed E-state index contributed by atoms with van der Waals surface area (Å²) >= 11 is 0. The maximum atomic E-state index is 13.0. The molecule has 0 saturated heterocycles. The summed E-state index contributed by atoms with van der Waals surface area (Å²) in [5, 5.41) is 9.11. The van der Waals surface area contributed by atoms with Crippen molar-refractivity contribution in [1.29, 1.82) is 0 Å². The lowest BCUT2D eigenvalue weighted by atomic mass is 9.86. The van der Waals surface area contributed by atoms with Crippen molar-refractivity contribution >= 4 is 5.97 Å². The standard InChI is InChI=1S/C11H11F2NO2/c12-8-3-7(4-9(13)5-8)11(14,10(15)16)6-1-2-6/h3-6H,1-2,14H2,(H,15,16). The van der Waals surface area contributed by atoms with Gasteiger partial charge in [0.25, 0.3) is 0 Å². The molecule has 1 saturated carbocycles. The van der Waals surface area contributed by atoms with Crippen LogP contribution in [0.3, 0.4) is 0 Å². The summed E-state index contributed by atoms with van der Waals surface area (Å²) < 4.78 is 26.0. The molecule has 86 valence electrons. The molecule has 0 amide bonds. The van der Waals surface area contributed by atoms with Crippen LogP contribution in [0.15, 0.2) is 18.2 Å². The van der Waals surface area contributed by atoms with E-state index in [1.165, 1.54) is 0 Å². The predicted molar refractivity (Wildman–Crippen MR) is 52.6 cm³/mol. The predicted octanol–water partition coefficient (Wildman–Crippen LogP) is 1.61. The number of benzene rings is 1. The lowest BCUT2D eigenvalue weighted by Gasteiger charge is -2.25. The SMILES string of the molecule is NC(C(=O)O)(c1cc(F)cc(F)c1)C1CC1. The van der Waals surface area contributed by atoms with E-state index in [9.17, 15) is 13.6 Å². The first-order chi connectivity index (χ1) is 7.44. The van der Waals surface area contributed by atoms with Gasteiger partial charge < -0.3 is 10.8 Å². The van der Waals surface area contributed by atoms with Gasteiger partial charge in [-0.2, -0.15) is 0 Å². The smallest absolute Gasteiger partial charge is 0.328 e. The molecule has 0 heterocycles. The number of carbonyl (C=O) groups is 1. The molecule has 0 aliphatic heterocycles. The van der Waals surface area contributed by atoms with Crippen LogP contribution < -0.4 is 5.73 Å². The Hall–Kier alpha value is -1.49. The van der Waals surface area contributed by atoms with Gasteiger partial charge in [0.1, 0.15) is 17.2 Å². The van der Waals surface area contributed by atoms with Crippen LogP contribution in [-0.2, 0) is 10.3 Å². The number of hydrogen-bond donors (Lipinski definition) is 2. The Morgan fingerprint density at radius 2 is 1.81 bits per heavy atom. The van der Waals surface area contributed by atoms with Crippen molar-refractivity contribution in [3.63, 3.8) is 0 Å². The second-order valence-electron chi connectivity index (χ2n) is 4.11. The number of carboxylic acid groups (broad SMARTS) is 1. The van der Waals surface area contributed by atoms with Crippen LogP contribution in [-0.4, -0.2) is 11.1 Å². The first kappa shape index (κ1) is 11.0. The molecule has 1 atom stereocenters. The van der Waals surface area contributed by atoms with Gasteiger partial charge in [0.2, 0.25) is 0 Å². The molecule has 0 bridgehead atoms. The van der Waals surface area contributed by atoms with Crippen LogP contribution in [0.2, 0.25) is 0 Å². The lowest BCUT2D eigenvalue weighted by molar-refractivity contribution is -0.144. The third-order valence-electron chi connectivity index (χ3n) is 2.92. The van der Waals surface area contributed by atoms with Gasteiger partial charge in [0.05, 0.1) is 0 Å². The molecule has 16 heavy (non-hydrogen) atoms. The van der Waals surface area contributed by atoms with Gasteiger partial charge in [-0.1, -0.05) is 0 Å². The van der Waals surface area contributed by atoms with Crippen LogP contribution in [0, 0.1) is 17.6 Å². The molecule has 1 aromatic carbocycles. The van der Waals surface area contributed by atoms with Gasteiger partial charge in [-0.05, 0) is 36.5 Å². The molecule has 1 unspecified atom stereocenters. The molecule has 1 aromatic rings. The van der Waals surface area contributed by atoms with Crippen molar-refractivity contribution < 1.29 is 18.7 Å². The van der Waals surface area contributed by atoms with Gasteiger partial charge in [-0.3, -0.25) is 0 Å². The molecule has 0 spiro atoms. The summed E-state index contributed by atoms with van der Waals surface area (Å²) in [5.41, 5.74) is 4.08. The Morgan fingerprint density at radius 1 is 1.31 bits per heavy atom. The average Bonchev–Trinajstić information content (AvgIpc) is 2.97. The maximum Gasteiger partial charge on any atom is 0.328 e. The lowest BCUT2D eigenvalue weighted by Crippen LogP contribution is -2.47. The highest BCUT2D eigenvalue weighted by molar-refractivity contribution is 5.81. The van der Waals surface area contributed by atoms with E-state index in [0.717, 1.165) is 12.1 Å². The number of hydrogen-bond acceptors (Lipinski definition) is 2. The van der Waals surface area contributed by atoms with Gasteiger partial charge in [0, 0.05) is 6.07 Å². The molecule has 3 nitrogen and oxygen atoms in total. The maximum absolute atomic E-state index is 13.0. The molecule has 5 heteroatoms. The summed E-state index contributed by atoms with van der Waals surface area (Å²) in [6.45, 7) is 0. The fourth-order valence-electron chi connectivity index (χ4n) is 1.87. The molecule has 3 N–H and O–H groups in total. The Bertz CT molecular complexity index is 425. The van der Waals surface area contributed by atoms with Crippen molar-refractivity contribution in [2.24, 2.45) is 11.7 Å². The minimum Gasteiger partial charge on any atom is -0.480 e. The molecule has 1 aliphatic rings. The van der Waals surface area contributed by atoms with E-state index in [4.69, 9.17) is 10.8 Å². The fraction of sp³-hybridized carbons (Fsp3) is 0.364. The van der Waals surface area contributed by atoms with E-state index >= 15 is 0 Å². The van der Waals surface area contributed by atoms with Crippen LogP contribution in [0.5, 0.6) is 0 Å². The van der Waals surface area contributed by atoms with Gasteiger partial charge in [0.15, 0.2) is 0 Å². The first-order valence-electron chi connectivity index (χ1n) is 4.93. The number of aliphatic carboxylic acids is 1. The zero-order chi connectivity index (χ0) is 11.9. The average molecular weight is 227 g/mol. The second-order valence-corrected chi connectivity index (χ2v) is 4.11. The molecular formula is C11H11F2NO2. The number of carboxylic acids is 1. The van der Waals surface area contributed by atoms with Crippen molar-refractivity contribution in [3.8, 4) is 0 Å². The van der Waals surface area contributed by atoms with Gasteiger partial charge in [-0.15, -0.1) is 0 Å². The Kier molecular flexibility index (Phi) is 2.42. The Labute approximate surface area is 90.9 Å². The molecule has 0 radical (unpaired) electrons. The van der Waals surface area contributed by atoms with E-state index in [-0.39, 0.29) is 11.5 Å². The molecular weight excluding hydrogens is 216 g/mol. The summed E-state index contributed by atoms with van der Waals surface area (Å²) in [6, 6.07) is 2.66. The number of nitrogens with two attached hydrogens (primary N) is 1. The topological polar surface area (TPSA) is 63.3 Å². The fourth-order valence-corrected chi connectivity index (χ4v) is 1.87. The van der Waals surface area contributed by atoms with E-state index in [1.807, 2.05) is 0 Å². The van der Waals surface area contributed by atoms with Crippen molar-refractivity contribution in [2.45, 2.75) is 18.4 Å². The zero-order valence-corrected chi connectivity index (χ0v) is 8.41. The van der Waals surface area contributed by atoms with Crippen molar-refractivity contribution in [3.05, 3.63) is 35.4 Å². The largest absolute Gasteiger partial charge is 0.480 e. The molecule has 1 aliphatic carbocycles. The van der Waals surface area contributed by atoms with E-state index < -0.39 is 23.1 Å². The molecule has 1 fully saturated rings. The van der Waals surface area contributed by atoms with Crippen molar-refractivity contribution in [1.82, 2.24) is 0 Å². The number of rotatable bonds is 3. The van der Waals surface area contributed by atoms with Crippen molar-refractivity contribution in [2.75, 3.05) is 0 Å². The third-order valence-corrected chi connectivity index (χ3v) is 2.92. The zero-order valence-electron chi connectivity index (χ0n) is 8.41. The van der Waals surface area contributed by atoms with Crippen LogP contribution in [0.25, 0.3) is 0 Å². The summed E-state index contributed by atoms with van der Waals surface area (Å²) in [7, 11) is 0. The van der Waals surface area contributed by atoms with Gasteiger partial charge >= 0.3 is 5.97 Å². The highest BCUT2D eigenvalue weighted by Crippen LogP contribution is 2.44. The summed E-state index contributed by atoms with van der Waals surface area (Å²) in [5.74, 6) is -3.12. The number of halogens is 2. The van der Waals surface area contributed by atoms with Crippen LogP contribution in [0.4, 0.5) is 8.78 Å². The molecule has 2 rings (SSSR count). The van der Waals surface area contributed by atoms with E-state index in [0.29, 0.717) is 18.9 Å². The first-order valence-corrected chi connectivity index (χ1v) is 4.93. The van der Waals surface area contributed by atoms with Crippen LogP contribution >= 0.6 is 0 Å². The van der Waals surface area contributed by atoms with E-state index in [1.54, 1.807) is 0 Å². The Balaban J connectivity index is 2.50. The molecule has 0 aromatic heterocycles. The summed E-state index contributed by atoms with van der Waals surface area (Å²) in [6.07, 6.45) is 1.34. The Morgan fingerprint density at radius 3 is 2.19 bits per heavy atom. The van der Waals surface area contributed by atoms with Crippen LogP contribution in [0.1, 0.15) is 18.4 Å². The second kappa shape index (κ2) is 3.52. The monoisotopic (exact) mass is 227 g/mol. The van der Waals surface area contributed by atoms with Gasteiger partial charge in [-0.25, -0.2) is 13.6 Å². The highest BCUT2D eigenvalue weighted by atomic mass is 19.1.